The second-order valence-corrected chi connectivity index (χ2v) is 5.26. The molecule has 2 aliphatic rings. The molecule has 1 atom stereocenters. The van der Waals surface area contributed by atoms with Gasteiger partial charge in [0.05, 0.1) is 25.7 Å². The molecule has 0 aromatic heterocycles. The zero-order valence-electron chi connectivity index (χ0n) is 11.3. The first-order valence-electron chi connectivity index (χ1n) is 7.11. The topological polar surface area (TPSA) is 72.9 Å². The molecule has 2 amide bonds. The van der Waals surface area contributed by atoms with Gasteiger partial charge in [0.15, 0.2) is 0 Å². The zero-order chi connectivity index (χ0) is 13.7. The third kappa shape index (κ3) is 3.67. The molecule has 0 bridgehead atoms. The predicted molar refractivity (Wildman–Crippen MR) is 70.5 cm³/mol. The average molecular weight is 269 g/mol. The van der Waals surface area contributed by atoms with Crippen LogP contribution in [0.25, 0.3) is 0 Å². The molecule has 2 fully saturated rings. The standard InChI is InChI=1S/C13H23N3O3/c17-10-11-4-3-7-16(11)13(19)9-14-8-12(18)15-5-1-2-6-15/h11,14,17H,1-10H2/t11-/m0/s1. The van der Waals surface area contributed by atoms with E-state index in [9.17, 15) is 9.59 Å². The molecule has 6 heteroatoms. The normalized spacial score (nSPS) is 23.1. The Labute approximate surface area is 113 Å². The van der Waals surface area contributed by atoms with Crippen LogP contribution in [0.15, 0.2) is 0 Å². The molecule has 0 unspecified atom stereocenters. The van der Waals surface area contributed by atoms with Crippen molar-refractivity contribution in [2.45, 2.75) is 31.7 Å². The fraction of sp³-hybridized carbons (Fsp3) is 0.846. The first-order chi connectivity index (χ1) is 9.22. The van der Waals surface area contributed by atoms with Gasteiger partial charge in [0.1, 0.15) is 0 Å². The Hall–Kier alpha value is -1.14. The number of aliphatic hydroxyl groups excluding tert-OH is 1. The highest BCUT2D eigenvalue weighted by Crippen LogP contribution is 2.16. The van der Waals surface area contributed by atoms with Crippen molar-refractivity contribution >= 4 is 11.8 Å². The van der Waals surface area contributed by atoms with Crippen molar-refractivity contribution in [3.8, 4) is 0 Å². The van der Waals surface area contributed by atoms with Crippen molar-refractivity contribution in [2.75, 3.05) is 39.3 Å². The summed E-state index contributed by atoms with van der Waals surface area (Å²) in [6.07, 6.45) is 3.98. The maximum absolute atomic E-state index is 11.9. The largest absolute Gasteiger partial charge is 0.394 e. The Morgan fingerprint density at radius 2 is 1.74 bits per heavy atom. The van der Waals surface area contributed by atoms with Gasteiger partial charge >= 0.3 is 0 Å². The van der Waals surface area contributed by atoms with Crippen molar-refractivity contribution < 1.29 is 14.7 Å². The van der Waals surface area contributed by atoms with Gasteiger partial charge in [-0.15, -0.1) is 0 Å². The summed E-state index contributed by atoms with van der Waals surface area (Å²) in [5, 5.41) is 12.1. The van der Waals surface area contributed by atoms with Gasteiger partial charge in [-0.05, 0) is 25.7 Å². The van der Waals surface area contributed by atoms with E-state index in [0.29, 0.717) is 6.54 Å². The maximum Gasteiger partial charge on any atom is 0.236 e. The molecule has 0 aromatic rings. The van der Waals surface area contributed by atoms with E-state index in [0.717, 1.165) is 38.8 Å². The van der Waals surface area contributed by atoms with Crippen LogP contribution in [-0.4, -0.2) is 72.1 Å². The van der Waals surface area contributed by atoms with E-state index < -0.39 is 0 Å². The van der Waals surface area contributed by atoms with Crippen LogP contribution >= 0.6 is 0 Å². The van der Waals surface area contributed by atoms with Crippen LogP contribution < -0.4 is 5.32 Å². The van der Waals surface area contributed by atoms with Gasteiger partial charge in [-0.1, -0.05) is 0 Å². The number of rotatable bonds is 5. The molecule has 6 nitrogen and oxygen atoms in total. The minimum atomic E-state index is -0.0383. The number of likely N-dealkylation sites (tertiary alicyclic amines) is 2. The van der Waals surface area contributed by atoms with E-state index >= 15 is 0 Å². The number of aliphatic hydroxyl groups is 1. The van der Waals surface area contributed by atoms with E-state index in [4.69, 9.17) is 5.11 Å². The molecule has 2 saturated heterocycles. The second kappa shape index (κ2) is 6.86. The first kappa shape index (κ1) is 14.3. The van der Waals surface area contributed by atoms with Gasteiger partial charge in [0, 0.05) is 19.6 Å². The fourth-order valence-corrected chi connectivity index (χ4v) is 2.81. The number of nitrogens with one attached hydrogen (secondary N) is 1. The molecular weight excluding hydrogens is 246 g/mol. The van der Waals surface area contributed by atoms with Gasteiger partial charge in [0.25, 0.3) is 0 Å². The Morgan fingerprint density at radius 1 is 1.05 bits per heavy atom. The minimum Gasteiger partial charge on any atom is -0.394 e. The van der Waals surface area contributed by atoms with Crippen molar-refractivity contribution in [3.63, 3.8) is 0 Å². The molecule has 0 radical (unpaired) electrons. The first-order valence-corrected chi connectivity index (χ1v) is 7.11. The van der Waals surface area contributed by atoms with Crippen LogP contribution in [-0.2, 0) is 9.59 Å². The zero-order valence-corrected chi connectivity index (χ0v) is 11.3. The van der Waals surface area contributed by atoms with Gasteiger partial charge < -0.3 is 14.9 Å². The number of amides is 2. The van der Waals surface area contributed by atoms with Crippen molar-refractivity contribution in [2.24, 2.45) is 0 Å². The molecule has 19 heavy (non-hydrogen) atoms. The summed E-state index contributed by atoms with van der Waals surface area (Å²) in [6, 6.07) is -0.0383. The summed E-state index contributed by atoms with van der Waals surface area (Å²) in [4.78, 5) is 27.3. The summed E-state index contributed by atoms with van der Waals surface area (Å²) in [7, 11) is 0. The molecule has 108 valence electrons. The monoisotopic (exact) mass is 269 g/mol. The summed E-state index contributed by atoms with van der Waals surface area (Å²) in [5.41, 5.74) is 0. The number of hydrogen-bond acceptors (Lipinski definition) is 4. The fourth-order valence-electron chi connectivity index (χ4n) is 2.81. The third-order valence-electron chi connectivity index (χ3n) is 3.92. The van der Waals surface area contributed by atoms with E-state index in [-0.39, 0.29) is 37.6 Å². The lowest BCUT2D eigenvalue weighted by Gasteiger charge is -2.23. The minimum absolute atomic E-state index is 0.0224. The number of carbonyl (C=O) groups excluding carboxylic acids is 2. The van der Waals surface area contributed by atoms with Crippen LogP contribution in [0.3, 0.4) is 0 Å². The van der Waals surface area contributed by atoms with Crippen LogP contribution in [0.2, 0.25) is 0 Å². The Kier molecular flexibility index (Phi) is 5.15. The highest BCUT2D eigenvalue weighted by atomic mass is 16.3. The van der Waals surface area contributed by atoms with E-state index in [2.05, 4.69) is 5.32 Å². The van der Waals surface area contributed by atoms with Crippen LogP contribution in [0.4, 0.5) is 0 Å². The van der Waals surface area contributed by atoms with Gasteiger partial charge in [-0.2, -0.15) is 0 Å². The van der Waals surface area contributed by atoms with Crippen molar-refractivity contribution in [1.29, 1.82) is 0 Å². The second-order valence-electron chi connectivity index (χ2n) is 5.26. The third-order valence-corrected chi connectivity index (χ3v) is 3.92. The quantitative estimate of drug-likeness (QED) is 0.684. The predicted octanol–water partition coefficient (Wildman–Crippen LogP) is -0.818. The molecule has 0 aliphatic carbocycles. The summed E-state index contributed by atoms with van der Waals surface area (Å²) >= 11 is 0. The summed E-state index contributed by atoms with van der Waals surface area (Å²) in [6.45, 7) is 2.82. The molecule has 0 saturated carbocycles. The Balaban J connectivity index is 1.67. The lowest BCUT2D eigenvalue weighted by atomic mass is 10.2. The van der Waals surface area contributed by atoms with Crippen molar-refractivity contribution in [1.82, 2.24) is 15.1 Å². The molecule has 2 heterocycles. The van der Waals surface area contributed by atoms with E-state index in [1.807, 2.05) is 4.90 Å². The van der Waals surface area contributed by atoms with E-state index in [1.165, 1.54) is 0 Å². The molecule has 0 spiro atoms. The average Bonchev–Trinajstić information content (AvgIpc) is 3.09. The van der Waals surface area contributed by atoms with E-state index in [1.54, 1.807) is 4.90 Å². The van der Waals surface area contributed by atoms with Crippen LogP contribution in [0.1, 0.15) is 25.7 Å². The van der Waals surface area contributed by atoms with Crippen molar-refractivity contribution in [3.05, 3.63) is 0 Å². The molecule has 2 N–H and O–H groups in total. The summed E-state index contributed by atoms with van der Waals surface area (Å²) in [5.74, 6) is 0.0520. The molecular formula is C13H23N3O3. The SMILES string of the molecule is O=C(CNCC(=O)N1CCC[C@H]1CO)N1CCCC1. The number of hydrogen-bond donors (Lipinski definition) is 2. The molecule has 2 rings (SSSR count). The molecule has 0 aromatic carbocycles. The lowest BCUT2D eigenvalue weighted by molar-refractivity contribution is -0.132. The van der Waals surface area contributed by atoms with Crippen LogP contribution in [0.5, 0.6) is 0 Å². The smallest absolute Gasteiger partial charge is 0.236 e. The lowest BCUT2D eigenvalue weighted by Crippen LogP contribution is -2.44. The van der Waals surface area contributed by atoms with Crippen LogP contribution in [0, 0.1) is 0 Å². The number of nitrogens with zero attached hydrogens (tertiary/aromatic N) is 2. The Morgan fingerprint density at radius 3 is 2.42 bits per heavy atom. The highest BCUT2D eigenvalue weighted by molar-refractivity contribution is 5.81. The Bertz CT molecular complexity index is 329. The number of carbonyl (C=O) groups is 2. The van der Waals surface area contributed by atoms with Gasteiger partial charge in [0.2, 0.25) is 11.8 Å². The molecule has 2 aliphatic heterocycles. The maximum atomic E-state index is 11.9. The summed E-state index contributed by atoms with van der Waals surface area (Å²) < 4.78 is 0. The highest BCUT2D eigenvalue weighted by Gasteiger charge is 2.27. The van der Waals surface area contributed by atoms with Gasteiger partial charge in [-0.25, -0.2) is 0 Å². The van der Waals surface area contributed by atoms with Gasteiger partial charge in [-0.3, -0.25) is 14.9 Å².